The van der Waals surface area contributed by atoms with Crippen molar-refractivity contribution in [2.45, 2.75) is 47.5 Å². The van der Waals surface area contributed by atoms with Crippen LogP contribution in [-0.2, 0) is 0 Å². The summed E-state index contributed by atoms with van der Waals surface area (Å²) in [4.78, 5) is 0. The zero-order valence-electron chi connectivity index (χ0n) is 16.4. The standard InChI is InChI=1S/C19H12.3C2H6/c1-3-12-7-9-14-10-8-13-4-2-6-16-11-15(5-1)17(12)19(14)18(13)16;3*1-2/h1-11,17H;3*1-2H3. The first-order valence-electron chi connectivity index (χ1n) is 9.75. The molecule has 2 aromatic rings. The van der Waals surface area contributed by atoms with Crippen LogP contribution in [0.15, 0.2) is 65.8 Å². The Balaban J connectivity index is 0.000000344. The van der Waals surface area contributed by atoms with Gasteiger partial charge in [0.1, 0.15) is 0 Å². The monoisotopic (exact) mass is 330 g/mol. The van der Waals surface area contributed by atoms with E-state index in [4.69, 9.17) is 0 Å². The molecule has 2 aromatic carbocycles. The molecule has 0 saturated carbocycles. The van der Waals surface area contributed by atoms with Crippen LogP contribution in [-0.4, -0.2) is 0 Å². The van der Waals surface area contributed by atoms with E-state index in [1.165, 1.54) is 38.6 Å². The van der Waals surface area contributed by atoms with Crippen LogP contribution in [0, 0.1) is 0 Å². The van der Waals surface area contributed by atoms with Crippen molar-refractivity contribution in [2.75, 3.05) is 0 Å². The highest BCUT2D eigenvalue weighted by Crippen LogP contribution is 2.48. The number of hydrogen-bond acceptors (Lipinski definition) is 0. The molecular weight excluding hydrogens is 300 g/mol. The largest absolute Gasteiger partial charge is 0.0683 e. The lowest BCUT2D eigenvalue weighted by molar-refractivity contribution is 0.966. The van der Waals surface area contributed by atoms with E-state index in [0.717, 1.165) is 0 Å². The molecule has 3 aliphatic carbocycles. The molecule has 0 heterocycles. The van der Waals surface area contributed by atoms with Crippen molar-refractivity contribution in [1.82, 2.24) is 0 Å². The lowest BCUT2D eigenvalue weighted by Crippen LogP contribution is -2.14. The fraction of sp³-hybridized carbons (Fsp3) is 0.280. The van der Waals surface area contributed by atoms with E-state index in [0.29, 0.717) is 5.92 Å². The fourth-order valence-electron chi connectivity index (χ4n) is 3.67. The predicted molar refractivity (Wildman–Crippen MR) is 115 cm³/mol. The van der Waals surface area contributed by atoms with Crippen molar-refractivity contribution < 1.29 is 0 Å². The topological polar surface area (TPSA) is 0 Å². The second-order valence-corrected chi connectivity index (χ2v) is 5.45. The van der Waals surface area contributed by atoms with E-state index in [9.17, 15) is 0 Å². The molecule has 0 radical (unpaired) electrons. The maximum Gasteiger partial charge on any atom is 0.0352 e. The quantitative estimate of drug-likeness (QED) is 0.460. The van der Waals surface area contributed by atoms with Gasteiger partial charge in [-0.2, -0.15) is 0 Å². The number of hydrogen-bond donors (Lipinski definition) is 0. The van der Waals surface area contributed by atoms with Crippen LogP contribution >= 0.6 is 0 Å². The minimum Gasteiger partial charge on any atom is -0.0683 e. The van der Waals surface area contributed by atoms with E-state index < -0.39 is 0 Å². The Hall–Kier alpha value is -2.34. The molecule has 0 fully saturated rings. The summed E-state index contributed by atoms with van der Waals surface area (Å²) in [7, 11) is 0. The molecule has 0 bridgehead atoms. The van der Waals surface area contributed by atoms with Gasteiger partial charge in [-0.25, -0.2) is 0 Å². The Morgan fingerprint density at radius 3 is 2.20 bits per heavy atom. The second kappa shape index (κ2) is 8.67. The zero-order chi connectivity index (χ0) is 18.4. The first-order valence-corrected chi connectivity index (χ1v) is 9.75. The molecular formula is C25H30. The minimum atomic E-state index is 0.448. The molecule has 0 aliphatic heterocycles. The van der Waals surface area contributed by atoms with Gasteiger partial charge in [-0.3, -0.25) is 0 Å². The van der Waals surface area contributed by atoms with E-state index in [1.807, 2.05) is 41.5 Å². The molecule has 5 rings (SSSR count). The molecule has 0 N–H and O–H groups in total. The first-order chi connectivity index (χ1) is 12.4. The van der Waals surface area contributed by atoms with Gasteiger partial charge in [0.05, 0.1) is 0 Å². The Morgan fingerprint density at radius 2 is 1.44 bits per heavy atom. The van der Waals surface area contributed by atoms with Gasteiger partial charge in [-0.15, -0.1) is 0 Å². The highest BCUT2D eigenvalue weighted by Gasteiger charge is 2.30. The van der Waals surface area contributed by atoms with Crippen LogP contribution in [0.3, 0.4) is 0 Å². The summed E-state index contributed by atoms with van der Waals surface area (Å²) >= 11 is 0. The van der Waals surface area contributed by atoms with Gasteiger partial charge in [0.25, 0.3) is 0 Å². The molecule has 0 aromatic heterocycles. The maximum atomic E-state index is 2.35. The molecule has 0 nitrogen and oxygen atoms in total. The molecule has 3 aliphatic rings. The summed E-state index contributed by atoms with van der Waals surface area (Å²) in [5, 5.41) is 2.80. The summed E-state index contributed by atoms with van der Waals surface area (Å²) in [5.74, 6) is 0.448. The maximum absolute atomic E-state index is 2.35. The van der Waals surface area contributed by atoms with Crippen molar-refractivity contribution >= 4 is 22.9 Å². The number of benzene rings is 2. The van der Waals surface area contributed by atoms with Crippen molar-refractivity contribution in [2.24, 2.45) is 0 Å². The predicted octanol–water partition coefficient (Wildman–Crippen LogP) is 7.92. The molecule has 1 atom stereocenters. The zero-order valence-corrected chi connectivity index (χ0v) is 16.4. The number of rotatable bonds is 0. The summed E-state index contributed by atoms with van der Waals surface area (Å²) < 4.78 is 0. The lowest BCUT2D eigenvalue weighted by Gasteiger charge is -2.32. The fourth-order valence-corrected chi connectivity index (χ4v) is 3.67. The van der Waals surface area contributed by atoms with Crippen molar-refractivity contribution in [3.8, 4) is 0 Å². The van der Waals surface area contributed by atoms with E-state index in [2.05, 4.69) is 66.8 Å². The van der Waals surface area contributed by atoms with Crippen LogP contribution in [0.1, 0.15) is 64.2 Å². The average Bonchev–Trinajstić information content (AvgIpc) is 2.72. The molecule has 0 amide bonds. The van der Waals surface area contributed by atoms with E-state index in [1.54, 1.807) is 0 Å². The Kier molecular flexibility index (Phi) is 6.58. The first kappa shape index (κ1) is 19.0. The van der Waals surface area contributed by atoms with Crippen molar-refractivity contribution in [3.05, 3.63) is 82.5 Å². The Labute approximate surface area is 153 Å². The minimum absolute atomic E-state index is 0.448. The lowest BCUT2D eigenvalue weighted by atomic mass is 9.71. The van der Waals surface area contributed by atoms with E-state index in [-0.39, 0.29) is 0 Å². The third-order valence-electron chi connectivity index (χ3n) is 4.46. The third kappa shape index (κ3) is 3.14. The summed E-state index contributed by atoms with van der Waals surface area (Å²) in [5.41, 5.74) is 7.09. The number of allylic oxidation sites excluding steroid dienone is 6. The van der Waals surface area contributed by atoms with Gasteiger partial charge < -0.3 is 0 Å². The highest BCUT2D eigenvalue weighted by atomic mass is 14.3. The summed E-state index contributed by atoms with van der Waals surface area (Å²) in [6.45, 7) is 12.0. The van der Waals surface area contributed by atoms with Crippen LogP contribution in [0.2, 0.25) is 0 Å². The molecule has 25 heavy (non-hydrogen) atoms. The molecule has 1 unspecified atom stereocenters. The van der Waals surface area contributed by atoms with Crippen LogP contribution in [0.4, 0.5) is 0 Å². The second-order valence-electron chi connectivity index (χ2n) is 5.45. The van der Waals surface area contributed by atoms with Gasteiger partial charge in [0, 0.05) is 5.92 Å². The van der Waals surface area contributed by atoms with Gasteiger partial charge in [-0.05, 0) is 38.6 Å². The smallest absolute Gasteiger partial charge is 0.0352 e. The Bertz CT molecular complexity index is 857. The average molecular weight is 331 g/mol. The van der Waals surface area contributed by atoms with E-state index >= 15 is 0 Å². The van der Waals surface area contributed by atoms with Gasteiger partial charge in [0.15, 0.2) is 0 Å². The summed E-state index contributed by atoms with van der Waals surface area (Å²) in [6.07, 6.45) is 13.5. The van der Waals surface area contributed by atoms with Gasteiger partial charge >= 0.3 is 0 Å². The van der Waals surface area contributed by atoms with Gasteiger partial charge in [-0.1, -0.05) is 108 Å². The normalized spacial score (nSPS) is 17.0. The molecule has 0 saturated heterocycles. The SMILES string of the molecule is C1=CC2=Cc3cccc4ccc5c(c34)C2C(=C1)C=C5.CC.CC.CC. The molecule has 130 valence electrons. The van der Waals surface area contributed by atoms with Crippen molar-refractivity contribution in [3.63, 3.8) is 0 Å². The van der Waals surface area contributed by atoms with Crippen LogP contribution in [0.25, 0.3) is 22.9 Å². The van der Waals surface area contributed by atoms with Crippen molar-refractivity contribution in [1.29, 1.82) is 0 Å². The third-order valence-corrected chi connectivity index (χ3v) is 4.46. The summed E-state index contributed by atoms with van der Waals surface area (Å²) in [6, 6.07) is 11.1. The Morgan fingerprint density at radius 1 is 0.680 bits per heavy atom. The van der Waals surface area contributed by atoms with Crippen LogP contribution in [0.5, 0.6) is 0 Å². The van der Waals surface area contributed by atoms with Crippen LogP contribution < -0.4 is 0 Å². The molecule has 0 heteroatoms. The molecule has 0 spiro atoms. The van der Waals surface area contributed by atoms with Gasteiger partial charge in [0.2, 0.25) is 0 Å². The highest BCUT2D eigenvalue weighted by molar-refractivity contribution is 6.00.